The molecule has 2 unspecified atom stereocenters. The van der Waals surface area contributed by atoms with E-state index in [4.69, 9.17) is 9.47 Å². The lowest BCUT2D eigenvalue weighted by Crippen LogP contribution is -2.38. The Kier molecular flexibility index (Phi) is 5.35. The summed E-state index contributed by atoms with van der Waals surface area (Å²) in [6.45, 7) is 5.57. The van der Waals surface area contributed by atoms with Crippen molar-refractivity contribution in [3.63, 3.8) is 0 Å². The fourth-order valence-electron chi connectivity index (χ4n) is 1.84. The largest absolute Gasteiger partial charge is 0.381 e. The third-order valence-electron chi connectivity index (χ3n) is 2.51. The second kappa shape index (κ2) is 6.35. The van der Waals surface area contributed by atoms with Crippen molar-refractivity contribution in [3.8, 4) is 0 Å². The summed E-state index contributed by atoms with van der Waals surface area (Å²) in [5.74, 6) is 0.584. The van der Waals surface area contributed by atoms with E-state index in [0.717, 1.165) is 26.4 Å². The molecule has 1 rings (SSSR count). The minimum atomic E-state index is 0.329. The van der Waals surface area contributed by atoms with Crippen LogP contribution in [-0.2, 0) is 9.47 Å². The zero-order valence-corrected chi connectivity index (χ0v) is 8.71. The number of hydrogen-bond donors (Lipinski definition) is 1. The summed E-state index contributed by atoms with van der Waals surface area (Å²) in [6.07, 6.45) is 2.75. The summed E-state index contributed by atoms with van der Waals surface area (Å²) >= 11 is 0. The highest BCUT2D eigenvalue weighted by Crippen LogP contribution is 2.19. The van der Waals surface area contributed by atoms with Gasteiger partial charge in [-0.05, 0) is 26.8 Å². The second-order valence-corrected chi connectivity index (χ2v) is 3.53. The predicted octanol–water partition coefficient (Wildman–Crippen LogP) is 1.04. The SMILES string of the molecule is CCOC(CNC)C1CCCOC1. The molecule has 1 aliphatic heterocycles. The minimum Gasteiger partial charge on any atom is -0.381 e. The van der Waals surface area contributed by atoms with Gasteiger partial charge in [0.25, 0.3) is 0 Å². The maximum atomic E-state index is 5.68. The Morgan fingerprint density at radius 2 is 2.46 bits per heavy atom. The summed E-state index contributed by atoms with van der Waals surface area (Å²) in [5.41, 5.74) is 0. The van der Waals surface area contributed by atoms with Crippen molar-refractivity contribution in [2.45, 2.75) is 25.9 Å². The predicted molar refractivity (Wildman–Crippen MR) is 52.9 cm³/mol. The first-order chi connectivity index (χ1) is 6.38. The third kappa shape index (κ3) is 3.63. The van der Waals surface area contributed by atoms with Crippen molar-refractivity contribution in [3.05, 3.63) is 0 Å². The molecule has 1 heterocycles. The summed E-state index contributed by atoms with van der Waals surface area (Å²) in [4.78, 5) is 0. The lowest BCUT2D eigenvalue weighted by atomic mass is 9.96. The van der Waals surface area contributed by atoms with Crippen molar-refractivity contribution in [2.75, 3.05) is 33.4 Å². The van der Waals surface area contributed by atoms with Crippen molar-refractivity contribution < 1.29 is 9.47 Å². The van der Waals surface area contributed by atoms with Gasteiger partial charge in [0.1, 0.15) is 0 Å². The maximum absolute atomic E-state index is 5.68. The smallest absolute Gasteiger partial charge is 0.0749 e. The molecule has 0 aromatic rings. The summed E-state index contributed by atoms with van der Waals surface area (Å²) in [5, 5.41) is 3.17. The van der Waals surface area contributed by atoms with Gasteiger partial charge in [-0.2, -0.15) is 0 Å². The van der Waals surface area contributed by atoms with Gasteiger partial charge in [-0.25, -0.2) is 0 Å². The van der Waals surface area contributed by atoms with E-state index in [-0.39, 0.29) is 0 Å². The van der Waals surface area contributed by atoms with Crippen molar-refractivity contribution in [1.29, 1.82) is 0 Å². The fraction of sp³-hybridized carbons (Fsp3) is 1.00. The van der Waals surface area contributed by atoms with Crippen LogP contribution in [0.1, 0.15) is 19.8 Å². The number of hydrogen-bond acceptors (Lipinski definition) is 3. The molecule has 13 heavy (non-hydrogen) atoms. The van der Waals surface area contributed by atoms with Gasteiger partial charge in [0.2, 0.25) is 0 Å². The lowest BCUT2D eigenvalue weighted by Gasteiger charge is -2.29. The van der Waals surface area contributed by atoms with Crippen LogP contribution in [0, 0.1) is 5.92 Å². The molecule has 3 nitrogen and oxygen atoms in total. The van der Waals surface area contributed by atoms with Crippen molar-refractivity contribution in [1.82, 2.24) is 5.32 Å². The number of ether oxygens (including phenoxy) is 2. The van der Waals surface area contributed by atoms with Gasteiger partial charge in [0.15, 0.2) is 0 Å². The van der Waals surface area contributed by atoms with E-state index in [0.29, 0.717) is 12.0 Å². The lowest BCUT2D eigenvalue weighted by molar-refractivity contribution is -0.0415. The third-order valence-corrected chi connectivity index (χ3v) is 2.51. The molecule has 78 valence electrons. The fourth-order valence-corrected chi connectivity index (χ4v) is 1.84. The van der Waals surface area contributed by atoms with Crippen molar-refractivity contribution >= 4 is 0 Å². The Morgan fingerprint density at radius 1 is 1.62 bits per heavy atom. The molecule has 0 bridgehead atoms. The first-order valence-electron chi connectivity index (χ1n) is 5.22. The minimum absolute atomic E-state index is 0.329. The monoisotopic (exact) mass is 187 g/mol. The molecule has 0 aliphatic carbocycles. The zero-order chi connectivity index (χ0) is 9.52. The Hall–Kier alpha value is -0.120. The van der Waals surface area contributed by atoms with Crippen LogP contribution in [0.3, 0.4) is 0 Å². The van der Waals surface area contributed by atoms with Crippen molar-refractivity contribution in [2.24, 2.45) is 5.92 Å². The Labute approximate surface area is 80.8 Å². The highest BCUT2D eigenvalue weighted by atomic mass is 16.5. The first-order valence-corrected chi connectivity index (χ1v) is 5.22. The van der Waals surface area contributed by atoms with Crippen LogP contribution in [0.4, 0.5) is 0 Å². The molecule has 0 aromatic carbocycles. The van der Waals surface area contributed by atoms with Crippen LogP contribution in [0.2, 0.25) is 0 Å². The van der Waals surface area contributed by atoms with E-state index in [1.807, 2.05) is 14.0 Å². The Bertz CT molecular complexity index is 118. The average molecular weight is 187 g/mol. The van der Waals surface area contributed by atoms with Crippen LogP contribution >= 0.6 is 0 Å². The molecule has 2 atom stereocenters. The molecular formula is C10H21NO2. The molecule has 0 aromatic heterocycles. The summed E-state index contributed by atoms with van der Waals surface area (Å²) in [7, 11) is 1.97. The van der Waals surface area contributed by atoms with E-state index in [2.05, 4.69) is 5.32 Å². The molecule has 0 spiro atoms. The highest BCUT2D eigenvalue weighted by molar-refractivity contribution is 4.74. The van der Waals surface area contributed by atoms with Crippen LogP contribution in [0.25, 0.3) is 0 Å². The molecule has 0 radical (unpaired) electrons. The molecule has 1 fully saturated rings. The Morgan fingerprint density at radius 3 is 3.00 bits per heavy atom. The van der Waals surface area contributed by atoms with Crippen LogP contribution in [-0.4, -0.2) is 39.5 Å². The molecule has 1 aliphatic rings. The second-order valence-electron chi connectivity index (χ2n) is 3.53. The van der Waals surface area contributed by atoms with E-state index in [1.54, 1.807) is 0 Å². The molecule has 3 heteroatoms. The molecule has 1 saturated heterocycles. The zero-order valence-electron chi connectivity index (χ0n) is 8.71. The number of likely N-dealkylation sites (N-methyl/N-ethyl adjacent to an activating group) is 1. The van der Waals surface area contributed by atoms with Gasteiger partial charge in [-0.15, -0.1) is 0 Å². The van der Waals surface area contributed by atoms with E-state index < -0.39 is 0 Å². The number of rotatable bonds is 5. The normalized spacial score (nSPS) is 25.8. The molecule has 0 saturated carbocycles. The average Bonchev–Trinajstić information content (AvgIpc) is 2.19. The van der Waals surface area contributed by atoms with Crippen LogP contribution in [0.5, 0.6) is 0 Å². The highest BCUT2D eigenvalue weighted by Gasteiger charge is 2.23. The number of nitrogens with one attached hydrogen (secondary N) is 1. The summed E-state index contributed by atoms with van der Waals surface area (Å²) < 4.78 is 11.1. The van der Waals surface area contributed by atoms with Gasteiger partial charge >= 0.3 is 0 Å². The van der Waals surface area contributed by atoms with Crippen LogP contribution in [0.15, 0.2) is 0 Å². The van der Waals surface area contributed by atoms with Gasteiger partial charge in [0, 0.05) is 25.7 Å². The topological polar surface area (TPSA) is 30.5 Å². The summed E-state index contributed by atoms with van der Waals surface area (Å²) in [6, 6.07) is 0. The van der Waals surface area contributed by atoms with Gasteiger partial charge in [-0.3, -0.25) is 0 Å². The Balaban J connectivity index is 2.32. The van der Waals surface area contributed by atoms with Gasteiger partial charge in [-0.1, -0.05) is 0 Å². The quantitative estimate of drug-likeness (QED) is 0.697. The standard InChI is InChI=1S/C10H21NO2/c1-3-13-10(7-11-2)9-5-4-6-12-8-9/h9-11H,3-8H2,1-2H3. The molecule has 0 amide bonds. The molecular weight excluding hydrogens is 166 g/mol. The molecule has 1 N–H and O–H groups in total. The first kappa shape index (κ1) is 11.0. The van der Waals surface area contributed by atoms with E-state index in [9.17, 15) is 0 Å². The van der Waals surface area contributed by atoms with E-state index in [1.165, 1.54) is 12.8 Å². The maximum Gasteiger partial charge on any atom is 0.0749 e. The van der Waals surface area contributed by atoms with Gasteiger partial charge in [0.05, 0.1) is 12.7 Å². The van der Waals surface area contributed by atoms with Crippen LogP contribution < -0.4 is 5.32 Å². The van der Waals surface area contributed by atoms with Gasteiger partial charge < -0.3 is 14.8 Å². The van der Waals surface area contributed by atoms with E-state index >= 15 is 0 Å².